The van der Waals surface area contributed by atoms with Crippen molar-refractivity contribution in [2.75, 3.05) is 19.1 Å². The van der Waals surface area contributed by atoms with Crippen molar-refractivity contribution in [3.05, 3.63) is 200 Å². The molecular weight excluding hydrogens is 704 g/mol. The zero-order chi connectivity index (χ0) is 37.5. The summed E-state index contributed by atoms with van der Waals surface area (Å²) < 4.78 is 44.1. The van der Waals surface area contributed by atoms with Crippen LogP contribution in [0.15, 0.2) is 189 Å². The molecule has 0 atom stereocenters. The van der Waals surface area contributed by atoms with E-state index in [4.69, 9.17) is 9.47 Å². The Bertz CT molecular complexity index is 2220. The maximum atomic E-state index is 16.2. The van der Waals surface area contributed by atoms with E-state index in [9.17, 15) is 0 Å². The van der Waals surface area contributed by atoms with Gasteiger partial charge < -0.3 is 23.5 Å². The molecule has 0 amide bonds. The summed E-state index contributed by atoms with van der Waals surface area (Å²) in [5.41, 5.74) is 3.38. The van der Waals surface area contributed by atoms with Gasteiger partial charge in [0.25, 0.3) is 0 Å². The molecule has 0 N–H and O–H groups in total. The summed E-state index contributed by atoms with van der Waals surface area (Å²) in [6.07, 6.45) is 1.82. The molecule has 268 valence electrons. The molecule has 0 saturated heterocycles. The van der Waals surface area contributed by atoms with E-state index in [2.05, 4.69) is 23.6 Å². The number of nitrogens with zero attached hydrogens (tertiary/aromatic N) is 1. The number of benzene rings is 7. The highest BCUT2D eigenvalue weighted by atomic mass is 31.2. The van der Waals surface area contributed by atoms with Crippen molar-refractivity contribution in [3.63, 3.8) is 0 Å². The van der Waals surface area contributed by atoms with E-state index < -0.39 is 14.3 Å². The van der Waals surface area contributed by atoms with Gasteiger partial charge in [-0.1, -0.05) is 158 Å². The lowest BCUT2D eigenvalue weighted by Crippen LogP contribution is -2.34. The Hall–Kier alpha value is -5.86. The first-order valence-corrected chi connectivity index (χ1v) is 21.1. The van der Waals surface area contributed by atoms with Crippen molar-refractivity contribution in [1.29, 1.82) is 0 Å². The van der Waals surface area contributed by atoms with Crippen LogP contribution < -0.4 is 46.2 Å². The molecule has 0 aliphatic heterocycles. The van der Waals surface area contributed by atoms with Crippen molar-refractivity contribution in [2.45, 2.75) is 6.54 Å². The number of hydrogen-bond acceptors (Lipinski definition) is 5. The van der Waals surface area contributed by atoms with E-state index in [-0.39, 0.29) is 0 Å². The summed E-state index contributed by atoms with van der Waals surface area (Å²) in [4.78, 5) is 2.14. The fraction of sp³-hybridized carbons (Fsp3) is 0.0638. The highest BCUT2D eigenvalue weighted by Crippen LogP contribution is 2.50. The topological polar surface area (TPSA) is 55.8 Å². The molecule has 7 rings (SSSR count). The molecule has 0 aliphatic rings. The maximum Gasteiger partial charge on any atom is 0.173 e. The Balaban J connectivity index is 1.58. The summed E-state index contributed by atoms with van der Waals surface area (Å²) in [5, 5.41) is 3.95. The summed E-state index contributed by atoms with van der Waals surface area (Å²) >= 11 is 0. The highest BCUT2D eigenvalue weighted by molar-refractivity contribution is 7.86. The second-order valence-electron chi connectivity index (χ2n) is 12.8. The second kappa shape index (κ2) is 16.0. The molecular formula is C47H41NO4P2. The van der Waals surface area contributed by atoms with Crippen molar-refractivity contribution in [3.8, 4) is 11.5 Å². The van der Waals surface area contributed by atoms with E-state index in [1.54, 1.807) is 14.2 Å². The fourth-order valence-corrected chi connectivity index (χ4v) is 12.6. The maximum absolute atomic E-state index is 16.2. The molecule has 54 heavy (non-hydrogen) atoms. The Kier molecular flexibility index (Phi) is 10.8. The zero-order valence-corrected chi connectivity index (χ0v) is 32.1. The van der Waals surface area contributed by atoms with Gasteiger partial charge in [0, 0.05) is 38.4 Å². The number of methoxy groups -OCH3 is 2. The molecule has 0 aliphatic carbocycles. The molecule has 0 unspecified atom stereocenters. The van der Waals surface area contributed by atoms with Crippen LogP contribution in [0.5, 0.6) is 11.5 Å². The van der Waals surface area contributed by atoms with Crippen LogP contribution in [0.4, 0.5) is 11.4 Å². The molecule has 5 nitrogen and oxygen atoms in total. The van der Waals surface area contributed by atoms with Gasteiger partial charge in [0.1, 0.15) is 11.5 Å². The molecule has 0 spiro atoms. The van der Waals surface area contributed by atoms with Crippen LogP contribution in [0.2, 0.25) is 0 Å². The Morgan fingerprint density at radius 3 is 1.17 bits per heavy atom. The first-order chi connectivity index (χ1) is 26.4. The van der Waals surface area contributed by atoms with E-state index in [0.29, 0.717) is 61.2 Å². The van der Waals surface area contributed by atoms with Gasteiger partial charge in [-0.2, -0.15) is 0 Å². The number of ether oxygens (including phenoxy) is 2. The Labute approximate surface area is 317 Å². The van der Waals surface area contributed by atoms with E-state index >= 15 is 9.13 Å². The molecule has 0 aromatic heterocycles. The van der Waals surface area contributed by atoms with Crippen LogP contribution in [-0.2, 0) is 15.7 Å². The molecule has 0 radical (unpaired) electrons. The predicted octanol–water partition coefficient (Wildman–Crippen LogP) is 8.96. The van der Waals surface area contributed by atoms with Gasteiger partial charge in [-0.3, -0.25) is 0 Å². The third-order valence-electron chi connectivity index (χ3n) is 9.66. The van der Waals surface area contributed by atoms with Crippen LogP contribution in [0.25, 0.3) is 6.08 Å². The molecule has 0 saturated carbocycles. The van der Waals surface area contributed by atoms with Crippen molar-refractivity contribution < 1.29 is 18.6 Å². The molecule has 7 aromatic rings. The van der Waals surface area contributed by atoms with Gasteiger partial charge in [-0.15, -0.1) is 0 Å². The van der Waals surface area contributed by atoms with Crippen LogP contribution >= 0.6 is 14.3 Å². The summed E-state index contributed by atoms with van der Waals surface area (Å²) in [6, 6.07) is 58.1. The van der Waals surface area contributed by atoms with Crippen LogP contribution in [0.3, 0.4) is 0 Å². The van der Waals surface area contributed by atoms with Gasteiger partial charge in [0.15, 0.2) is 14.3 Å². The van der Waals surface area contributed by atoms with Crippen molar-refractivity contribution in [1.82, 2.24) is 0 Å². The lowest BCUT2D eigenvalue weighted by molar-refractivity contribution is 0.415. The van der Waals surface area contributed by atoms with Crippen molar-refractivity contribution in [2.24, 2.45) is 0 Å². The number of rotatable bonds is 13. The summed E-state index contributed by atoms with van der Waals surface area (Å²) in [5.74, 6) is 1.15. The minimum atomic E-state index is -3.56. The number of anilines is 2. The van der Waals surface area contributed by atoms with Crippen LogP contribution in [0.1, 0.15) is 11.1 Å². The van der Waals surface area contributed by atoms with Gasteiger partial charge in [-0.05, 0) is 47.5 Å². The normalized spacial score (nSPS) is 11.4. The fourth-order valence-electron chi connectivity index (χ4n) is 6.87. The molecule has 0 bridgehead atoms. The first kappa shape index (κ1) is 36.5. The first-order valence-electron chi connectivity index (χ1n) is 17.7. The predicted molar refractivity (Wildman–Crippen MR) is 227 cm³/mol. The quantitative estimate of drug-likeness (QED) is 0.110. The molecule has 7 heteroatoms. The second-order valence-corrected chi connectivity index (χ2v) is 18.3. The van der Waals surface area contributed by atoms with Gasteiger partial charge >= 0.3 is 0 Å². The highest BCUT2D eigenvalue weighted by Gasteiger charge is 2.38. The van der Waals surface area contributed by atoms with E-state index in [1.807, 2.05) is 176 Å². The van der Waals surface area contributed by atoms with Gasteiger partial charge in [-0.25, -0.2) is 0 Å². The standard InChI is InChI=1S/C47H41NO4P2/c1-4-36-25-27-37(28-26-36)35-48(44-31-29-38(51-2)33-46(44)53(49,40-17-9-5-10-18-40)41-19-11-6-12-20-41)45-32-30-39(52-3)34-47(45)54(50,42-21-13-7-14-22-42)43-23-15-8-16-24-43/h4-34H,1,35H2,2-3H3. The van der Waals surface area contributed by atoms with E-state index in [1.165, 1.54) is 0 Å². The summed E-state index contributed by atoms with van der Waals surface area (Å²) in [7, 11) is -3.89. The minimum absolute atomic E-state index is 0.364. The third kappa shape index (κ3) is 6.97. The van der Waals surface area contributed by atoms with Crippen LogP contribution in [0, 0.1) is 0 Å². The zero-order valence-electron chi connectivity index (χ0n) is 30.3. The third-order valence-corrected chi connectivity index (χ3v) is 15.8. The van der Waals surface area contributed by atoms with Crippen molar-refractivity contribution >= 4 is 63.6 Å². The molecule has 0 fully saturated rings. The average Bonchev–Trinajstić information content (AvgIpc) is 3.26. The lowest BCUT2D eigenvalue weighted by atomic mass is 10.1. The minimum Gasteiger partial charge on any atom is -0.497 e. The molecule has 7 aromatic carbocycles. The van der Waals surface area contributed by atoms with Gasteiger partial charge in [0.2, 0.25) is 0 Å². The lowest BCUT2D eigenvalue weighted by Gasteiger charge is -2.34. The van der Waals surface area contributed by atoms with E-state index in [0.717, 1.165) is 11.1 Å². The van der Waals surface area contributed by atoms with Gasteiger partial charge in [0.05, 0.1) is 25.6 Å². The SMILES string of the molecule is C=Cc1ccc(CN(c2ccc(OC)cc2P(=O)(c2ccccc2)c2ccccc2)c2ccc(OC)cc2P(=O)(c2ccccc2)c2ccccc2)cc1. The monoisotopic (exact) mass is 745 g/mol. The molecule has 0 heterocycles. The average molecular weight is 746 g/mol. The summed E-state index contributed by atoms with van der Waals surface area (Å²) in [6.45, 7) is 4.31. The van der Waals surface area contributed by atoms with Crippen LogP contribution in [-0.4, -0.2) is 14.2 Å². The Morgan fingerprint density at radius 2 is 0.852 bits per heavy atom. The smallest absolute Gasteiger partial charge is 0.173 e. The number of hydrogen-bond donors (Lipinski definition) is 0. The largest absolute Gasteiger partial charge is 0.497 e. The Morgan fingerprint density at radius 1 is 0.500 bits per heavy atom.